The molecule has 2 aromatic rings. The Morgan fingerprint density at radius 2 is 1.88 bits per heavy atom. The molecule has 1 N–H and O–H groups in total. The van der Waals surface area contributed by atoms with Crippen molar-refractivity contribution in [3.8, 4) is 5.75 Å². The molecular formula is C19H17Cl2NO4. The van der Waals surface area contributed by atoms with E-state index >= 15 is 0 Å². The summed E-state index contributed by atoms with van der Waals surface area (Å²) in [5, 5.41) is 9.62. The number of amides is 1. The number of carboxylic acid groups (broad SMARTS) is 1. The average molecular weight is 394 g/mol. The summed E-state index contributed by atoms with van der Waals surface area (Å²) in [4.78, 5) is 24.8. The van der Waals surface area contributed by atoms with Gasteiger partial charge >= 0.3 is 5.97 Å². The third-order valence-corrected chi connectivity index (χ3v) is 5.24. The number of benzene rings is 2. The molecule has 0 spiro atoms. The van der Waals surface area contributed by atoms with Gasteiger partial charge in [0.25, 0.3) is 0 Å². The number of carbonyl (C=O) groups is 2. The normalized spacial score (nSPS) is 18.3. The van der Waals surface area contributed by atoms with Gasteiger partial charge in [-0.3, -0.25) is 4.79 Å². The molecule has 2 aromatic carbocycles. The minimum absolute atomic E-state index is 0.00486. The van der Waals surface area contributed by atoms with Gasteiger partial charge in [0.05, 0.1) is 10.0 Å². The van der Waals surface area contributed by atoms with Gasteiger partial charge in [-0.25, -0.2) is 4.79 Å². The second kappa shape index (κ2) is 7.56. The molecule has 136 valence electrons. The summed E-state index contributed by atoms with van der Waals surface area (Å²) in [5.74, 6) is -0.647. The molecule has 1 amide bonds. The van der Waals surface area contributed by atoms with Gasteiger partial charge in [0, 0.05) is 18.7 Å². The van der Waals surface area contributed by atoms with Crippen LogP contribution in [0, 0.1) is 5.92 Å². The molecule has 0 bridgehead atoms. The number of carbonyl (C=O) groups excluding carboxylic acids is 1. The minimum Gasteiger partial charge on any atom is -0.482 e. The number of halogens is 2. The van der Waals surface area contributed by atoms with E-state index < -0.39 is 12.6 Å². The van der Waals surface area contributed by atoms with Crippen molar-refractivity contribution in [2.24, 2.45) is 5.92 Å². The lowest BCUT2D eigenvalue weighted by molar-refractivity contribution is -0.139. The van der Waals surface area contributed by atoms with E-state index in [2.05, 4.69) is 0 Å². The first-order valence-corrected chi connectivity index (χ1v) is 8.80. The maximum atomic E-state index is 12.7. The first-order chi connectivity index (χ1) is 12.4. The van der Waals surface area contributed by atoms with Gasteiger partial charge in [0.2, 0.25) is 5.91 Å². The molecule has 2 unspecified atom stereocenters. The summed E-state index contributed by atoms with van der Waals surface area (Å²) < 4.78 is 5.09. The summed E-state index contributed by atoms with van der Waals surface area (Å²) >= 11 is 12.3. The lowest BCUT2D eigenvalue weighted by Gasteiger charge is -2.18. The Morgan fingerprint density at radius 3 is 2.54 bits per heavy atom. The van der Waals surface area contributed by atoms with Crippen LogP contribution in [0.3, 0.4) is 0 Å². The van der Waals surface area contributed by atoms with Gasteiger partial charge in [-0.05, 0) is 48.2 Å². The van der Waals surface area contributed by atoms with Crippen molar-refractivity contribution in [1.82, 2.24) is 0 Å². The zero-order chi connectivity index (χ0) is 18.8. The topological polar surface area (TPSA) is 66.8 Å². The molecule has 2 atom stereocenters. The van der Waals surface area contributed by atoms with Crippen molar-refractivity contribution in [1.29, 1.82) is 0 Å². The fourth-order valence-corrected chi connectivity index (χ4v) is 3.35. The van der Waals surface area contributed by atoms with Crippen molar-refractivity contribution in [2.45, 2.75) is 12.3 Å². The molecule has 1 aliphatic rings. The van der Waals surface area contributed by atoms with Crippen molar-refractivity contribution < 1.29 is 19.4 Å². The number of anilines is 1. The summed E-state index contributed by atoms with van der Waals surface area (Å²) in [7, 11) is 1.71. The lowest BCUT2D eigenvalue weighted by atomic mass is 10.1. The van der Waals surface area contributed by atoms with Gasteiger partial charge in [0.1, 0.15) is 5.75 Å². The monoisotopic (exact) mass is 393 g/mol. The number of nitrogens with zero attached hydrogens (tertiary/aromatic N) is 1. The van der Waals surface area contributed by atoms with Crippen molar-refractivity contribution in [2.75, 3.05) is 18.6 Å². The van der Waals surface area contributed by atoms with Crippen LogP contribution in [0.4, 0.5) is 5.69 Å². The van der Waals surface area contributed by atoms with E-state index in [4.69, 9.17) is 33.0 Å². The van der Waals surface area contributed by atoms with Crippen LogP contribution in [0.1, 0.15) is 17.9 Å². The van der Waals surface area contributed by atoms with Crippen LogP contribution < -0.4 is 9.64 Å². The molecule has 7 heteroatoms. The van der Waals surface area contributed by atoms with Gasteiger partial charge in [-0.15, -0.1) is 0 Å². The van der Waals surface area contributed by atoms with E-state index in [1.54, 1.807) is 42.3 Å². The first-order valence-electron chi connectivity index (χ1n) is 8.04. The minimum atomic E-state index is -1.04. The highest BCUT2D eigenvalue weighted by molar-refractivity contribution is 6.42. The van der Waals surface area contributed by atoms with E-state index in [0.717, 1.165) is 12.0 Å². The first kappa shape index (κ1) is 18.5. The predicted octanol–water partition coefficient (Wildman–Crippen LogP) is 4.22. The van der Waals surface area contributed by atoms with E-state index in [9.17, 15) is 9.59 Å². The molecule has 0 aliphatic heterocycles. The zero-order valence-electron chi connectivity index (χ0n) is 14.0. The van der Waals surface area contributed by atoms with Gasteiger partial charge in [-0.2, -0.15) is 0 Å². The number of hydrogen-bond acceptors (Lipinski definition) is 3. The Bertz CT molecular complexity index is 838. The fraction of sp³-hybridized carbons (Fsp3) is 0.263. The molecular weight excluding hydrogens is 377 g/mol. The molecule has 0 aromatic heterocycles. The highest BCUT2D eigenvalue weighted by Gasteiger charge is 2.46. The van der Waals surface area contributed by atoms with Crippen LogP contribution in [-0.2, 0) is 9.59 Å². The van der Waals surface area contributed by atoms with Crippen LogP contribution in [-0.4, -0.2) is 30.6 Å². The smallest absolute Gasteiger partial charge is 0.341 e. The number of hydrogen-bond donors (Lipinski definition) is 1. The highest BCUT2D eigenvalue weighted by Crippen LogP contribution is 2.51. The van der Waals surface area contributed by atoms with Crippen molar-refractivity contribution in [3.63, 3.8) is 0 Å². The molecule has 1 saturated carbocycles. The summed E-state index contributed by atoms with van der Waals surface area (Å²) in [6, 6.07) is 12.2. The maximum absolute atomic E-state index is 12.7. The molecule has 0 heterocycles. The molecule has 0 radical (unpaired) electrons. The van der Waals surface area contributed by atoms with Crippen LogP contribution in [0.15, 0.2) is 42.5 Å². The fourth-order valence-electron chi connectivity index (χ4n) is 2.91. The van der Waals surface area contributed by atoms with Crippen molar-refractivity contribution >= 4 is 40.8 Å². The van der Waals surface area contributed by atoms with Crippen molar-refractivity contribution in [3.05, 3.63) is 58.1 Å². The summed E-state index contributed by atoms with van der Waals surface area (Å²) in [5.41, 5.74) is 1.61. The van der Waals surface area contributed by atoms with Gasteiger partial charge < -0.3 is 14.7 Å². The van der Waals surface area contributed by atoms with E-state index in [-0.39, 0.29) is 17.7 Å². The number of rotatable bonds is 6. The molecule has 5 nitrogen and oxygen atoms in total. The molecule has 1 aliphatic carbocycles. The van der Waals surface area contributed by atoms with Gasteiger partial charge in [-0.1, -0.05) is 35.3 Å². The Labute approximate surface area is 161 Å². The summed E-state index contributed by atoms with van der Waals surface area (Å²) in [6.07, 6.45) is 0.739. The van der Waals surface area contributed by atoms with Gasteiger partial charge in [0.15, 0.2) is 6.61 Å². The molecule has 26 heavy (non-hydrogen) atoms. The average Bonchev–Trinajstić information content (AvgIpc) is 3.42. The Kier molecular flexibility index (Phi) is 5.39. The predicted molar refractivity (Wildman–Crippen MR) is 100 cm³/mol. The Morgan fingerprint density at radius 1 is 1.19 bits per heavy atom. The van der Waals surface area contributed by atoms with Crippen LogP contribution in [0.5, 0.6) is 5.75 Å². The number of carboxylic acids is 1. The van der Waals surface area contributed by atoms with Crippen LogP contribution in [0.25, 0.3) is 0 Å². The third kappa shape index (κ3) is 3.94. The lowest BCUT2D eigenvalue weighted by Crippen LogP contribution is -2.28. The maximum Gasteiger partial charge on any atom is 0.341 e. The van der Waals surface area contributed by atoms with E-state index in [1.807, 2.05) is 12.1 Å². The summed E-state index contributed by atoms with van der Waals surface area (Å²) in [6.45, 7) is -0.404. The SMILES string of the molecule is CN(C(=O)C1CC1c1cccc(Cl)c1Cl)c1ccc(OCC(=O)O)cc1. The molecule has 0 saturated heterocycles. The third-order valence-electron chi connectivity index (χ3n) is 4.41. The second-order valence-corrected chi connectivity index (χ2v) is 6.95. The number of ether oxygens (including phenoxy) is 1. The Hall–Kier alpha value is -2.24. The molecule has 3 rings (SSSR count). The quantitative estimate of drug-likeness (QED) is 0.797. The van der Waals surface area contributed by atoms with Crippen LogP contribution >= 0.6 is 23.2 Å². The van der Waals surface area contributed by atoms with E-state index in [1.165, 1.54) is 0 Å². The van der Waals surface area contributed by atoms with Crippen LogP contribution in [0.2, 0.25) is 10.0 Å². The standard InChI is InChI=1S/C19H17Cl2NO4/c1-22(11-5-7-12(8-6-11)26-10-17(23)24)19(25)15-9-14(15)13-3-2-4-16(20)18(13)21/h2-8,14-15H,9-10H2,1H3,(H,23,24). The van der Waals surface area contributed by atoms with E-state index in [0.29, 0.717) is 21.5 Å². The Balaban J connectivity index is 1.65. The molecule has 1 fully saturated rings. The zero-order valence-corrected chi connectivity index (χ0v) is 15.5. The second-order valence-electron chi connectivity index (χ2n) is 6.17. The highest BCUT2D eigenvalue weighted by atomic mass is 35.5. The number of aliphatic carboxylic acids is 1. The largest absolute Gasteiger partial charge is 0.482 e.